The fraction of sp³-hybridized carbons (Fsp3) is 0.429. The third kappa shape index (κ3) is 4.13. The van der Waals surface area contributed by atoms with Gasteiger partial charge in [0.05, 0.1) is 22.8 Å². The van der Waals surface area contributed by atoms with Crippen LogP contribution in [0.25, 0.3) is 10.9 Å². The first-order valence-electron chi connectivity index (χ1n) is 10.2. The summed E-state index contributed by atoms with van der Waals surface area (Å²) in [4.78, 5) is 11.5. The van der Waals surface area contributed by atoms with E-state index in [0.29, 0.717) is 33.9 Å². The maximum Gasteiger partial charge on any atom is 0.227 e. The Morgan fingerprint density at radius 2 is 2.00 bits per heavy atom. The van der Waals surface area contributed by atoms with E-state index in [1.54, 1.807) is 18.2 Å². The number of H-pyrrole nitrogens is 1. The van der Waals surface area contributed by atoms with Gasteiger partial charge in [0.2, 0.25) is 5.95 Å². The number of nitrogens with zero attached hydrogens (tertiary/aromatic N) is 5. The molecule has 0 bridgehead atoms. The fourth-order valence-electron chi connectivity index (χ4n) is 3.82. The Hall–Kier alpha value is -2.96. The van der Waals surface area contributed by atoms with Crippen LogP contribution in [0.15, 0.2) is 18.2 Å². The number of nitrogens with one attached hydrogen (secondary N) is 2. The van der Waals surface area contributed by atoms with Crippen LogP contribution in [0.2, 0.25) is 0 Å². The largest absolute Gasteiger partial charge is 0.341 e. The number of fused-ring (bicyclic) bond motifs is 1. The molecule has 5 rings (SSSR count). The number of anilines is 3. The molecule has 0 amide bonds. The summed E-state index contributed by atoms with van der Waals surface area (Å²) in [5.74, 6) is 0.942. The lowest BCUT2D eigenvalue weighted by atomic mass is 9.91. The van der Waals surface area contributed by atoms with Crippen LogP contribution >= 0.6 is 12.4 Å². The second-order valence-electron chi connectivity index (χ2n) is 8.56. The van der Waals surface area contributed by atoms with E-state index in [0.717, 1.165) is 38.8 Å². The molecular formula is C21H24ClFN8. The number of aromatic nitrogens is 4. The van der Waals surface area contributed by atoms with Crippen LogP contribution in [0.3, 0.4) is 0 Å². The number of benzene rings is 1. The van der Waals surface area contributed by atoms with Crippen molar-refractivity contribution in [3.63, 3.8) is 0 Å². The summed E-state index contributed by atoms with van der Waals surface area (Å²) in [6.45, 7) is 3.55. The zero-order valence-electron chi connectivity index (χ0n) is 17.2. The van der Waals surface area contributed by atoms with E-state index in [1.165, 1.54) is 0 Å². The third-order valence-electron chi connectivity index (χ3n) is 5.96. The Bertz CT molecular complexity index is 1150. The van der Waals surface area contributed by atoms with Crippen LogP contribution < -0.4 is 16.0 Å². The second-order valence-corrected chi connectivity index (χ2v) is 8.56. The Morgan fingerprint density at radius 1 is 1.26 bits per heavy atom. The van der Waals surface area contributed by atoms with Gasteiger partial charge in [-0.1, -0.05) is 0 Å². The number of halogens is 2. The summed E-state index contributed by atoms with van der Waals surface area (Å²) < 4.78 is 14.8. The standard InChI is InChI=1S/C21H23FN8.ClH/c1-21(24)6-8-30(9-7-21)20-25-15-5-2-12(11-23)10-14(15)18(27-20)26-19-16(22)17(28-29-19)13-3-4-13;/h2,5,10,13H,3-4,6-9,24H2,1H3,(H2,25,26,27,28,29);1H. The predicted octanol–water partition coefficient (Wildman–Crippen LogP) is 3.72. The van der Waals surface area contributed by atoms with E-state index in [4.69, 9.17) is 10.7 Å². The van der Waals surface area contributed by atoms with Crippen molar-refractivity contribution in [2.45, 2.75) is 44.1 Å². The first-order valence-corrected chi connectivity index (χ1v) is 10.2. The van der Waals surface area contributed by atoms with Crippen LogP contribution in [0.1, 0.15) is 49.8 Å². The zero-order valence-corrected chi connectivity index (χ0v) is 18.0. The van der Waals surface area contributed by atoms with Crippen LogP contribution in [0.5, 0.6) is 0 Å². The molecule has 3 aromatic rings. The smallest absolute Gasteiger partial charge is 0.227 e. The molecule has 3 heterocycles. The summed E-state index contributed by atoms with van der Waals surface area (Å²) in [6, 6.07) is 7.35. The maximum atomic E-state index is 14.8. The summed E-state index contributed by atoms with van der Waals surface area (Å²) in [6.07, 6.45) is 3.62. The Morgan fingerprint density at radius 3 is 2.68 bits per heavy atom. The molecule has 10 heteroatoms. The molecule has 162 valence electrons. The lowest BCUT2D eigenvalue weighted by molar-refractivity contribution is 0.362. The lowest BCUT2D eigenvalue weighted by Crippen LogP contribution is -2.48. The van der Waals surface area contributed by atoms with Gasteiger partial charge in [0.25, 0.3) is 0 Å². The number of hydrogen-bond acceptors (Lipinski definition) is 7. The monoisotopic (exact) mass is 442 g/mol. The number of aromatic amines is 1. The molecular weight excluding hydrogens is 419 g/mol. The number of hydrogen-bond donors (Lipinski definition) is 3. The average Bonchev–Trinajstić information content (AvgIpc) is 3.51. The molecule has 1 aliphatic heterocycles. The number of nitriles is 1. The normalized spacial score (nSPS) is 17.8. The van der Waals surface area contributed by atoms with Gasteiger partial charge in [0.15, 0.2) is 11.6 Å². The van der Waals surface area contributed by atoms with Crippen molar-refractivity contribution in [2.24, 2.45) is 5.73 Å². The molecule has 1 saturated heterocycles. The molecule has 2 aliphatic rings. The van der Waals surface area contributed by atoms with E-state index >= 15 is 0 Å². The van der Waals surface area contributed by atoms with Gasteiger partial charge in [-0.3, -0.25) is 5.10 Å². The summed E-state index contributed by atoms with van der Waals surface area (Å²) in [5, 5.41) is 19.9. The number of rotatable bonds is 4. The van der Waals surface area contributed by atoms with Crippen LogP contribution in [-0.2, 0) is 0 Å². The maximum absolute atomic E-state index is 14.8. The SMILES string of the molecule is CC1(N)CCN(c2nc(Nc3n[nH]c(C4CC4)c3F)c3cc(C#N)ccc3n2)CC1.Cl. The minimum Gasteiger partial charge on any atom is -0.341 e. The van der Waals surface area contributed by atoms with Gasteiger partial charge in [-0.05, 0) is 50.8 Å². The molecule has 1 saturated carbocycles. The summed E-state index contributed by atoms with van der Waals surface area (Å²) >= 11 is 0. The van der Waals surface area contributed by atoms with Crippen LogP contribution in [0.4, 0.5) is 22.0 Å². The quantitative estimate of drug-likeness (QED) is 0.563. The van der Waals surface area contributed by atoms with Gasteiger partial charge < -0.3 is 16.0 Å². The van der Waals surface area contributed by atoms with E-state index in [-0.39, 0.29) is 35.5 Å². The van der Waals surface area contributed by atoms with Crippen molar-refractivity contribution in [3.05, 3.63) is 35.3 Å². The highest BCUT2D eigenvalue weighted by atomic mass is 35.5. The molecule has 8 nitrogen and oxygen atoms in total. The van der Waals surface area contributed by atoms with Gasteiger partial charge >= 0.3 is 0 Å². The van der Waals surface area contributed by atoms with Crippen molar-refractivity contribution in [3.8, 4) is 6.07 Å². The Kier molecular flexibility index (Phi) is 5.45. The van der Waals surface area contributed by atoms with Gasteiger partial charge in [-0.25, -0.2) is 9.37 Å². The highest BCUT2D eigenvalue weighted by molar-refractivity contribution is 5.92. The molecule has 0 spiro atoms. The molecule has 0 radical (unpaired) electrons. The number of piperidine rings is 1. The van der Waals surface area contributed by atoms with E-state index in [9.17, 15) is 9.65 Å². The first-order chi connectivity index (χ1) is 14.4. The molecule has 2 fully saturated rings. The minimum atomic E-state index is -0.376. The Balaban J connectivity index is 0.00000231. The van der Waals surface area contributed by atoms with Gasteiger partial charge in [0.1, 0.15) is 5.82 Å². The summed E-state index contributed by atoms with van der Waals surface area (Å²) in [7, 11) is 0. The minimum absolute atomic E-state index is 0. The van der Waals surface area contributed by atoms with Gasteiger partial charge in [-0.15, -0.1) is 12.4 Å². The van der Waals surface area contributed by atoms with Crippen molar-refractivity contribution >= 4 is 40.9 Å². The van der Waals surface area contributed by atoms with Gasteiger partial charge in [0, 0.05) is 29.9 Å². The van der Waals surface area contributed by atoms with Crippen molar-refractivity contribution in [1.29, 1.82) is 5.26 Å². The predicted molar refractivity (Wildman–Crippen MR) is 119 cm³/mol. The zero-order chi connectivity index (χ0) is 20.9. The van der Waals surface area contributed by atoms with Crippen molar-refractivity contribution < 1.29 is 4.39 Å². The van der Waals surface area contributed by atoms with Crippen molar-refractivity contribution in [1.82, 2.24) is 20.2 Å². The molecule has 31 heavy (non-hydrogen) atoms. The van der Waals surface area contributed by atoms with Crippen molar-refractivity contribution in [2.75, 3.05) is 23.3 Å². The fourth-order valence-corrected chi connectivity index (χ4v) is 3.82. The average molecular weight is 443 g/mol. The van der Waals surface area contributed by atoms with E-state index < -0.39 is 0 Å². The van der Waals surface area contributed by atoms with Crippen LogP contribution in [0, 0.1) is 17.1 Å². The lowest BCUT2D eigenvalue weighted by Gasteiger charge is -2.36. The highest BCUT2D eigenvalue weighted by Gasteiger charge is 2.31. The highest BCUT2D eigenvalue weighted by Crippen LogP contribution is 2.41. The van der Waals surface area contributed by atoms with E-state index in [2.05, 4.69) is 38.4 Å². The van der Waals surface area contributed by atoms with Crippen LogP contribution in [-0.4, -0.2) is 38.8 Å². The Labute approximate surface area is 185 Å². The number of nitrogens with two attached hydrogens (primary N) is 1. The third-order valence-corrected chi connectivity index (χ3v) is 5.96. The van der Waals surface area contributed by atoms with E-state index in [1.807, 2.05) is 0 Å². The van der Waals surface area contributed by atoms with Gasteiger partial charge in [-0.2, -0.15) is 15.3 Å². The molecule has 1 aromatic carbocycles. The molecule has 4 N–H and O–H groups in total. The first kappa shape index (κ1) is 21.3. The summed E-state index contributed by atoms with van der Waals surface area (Å²) in [5.41, 5.74) is 7.77. The topological polar surface area (TPSA) is 120 Å². The molecule has 0 atom stereocenters. The second kappa shape index (κ2) is 7.94. The molecule has 2 aromatic heterocycles. The molecule has 0 unspecified atom stereocenters. The molecule has 1 aliphatic carbocycles.